The fourth-order valence-corrected chi connectivity index (χ4v) is 12.5. The van der Waals surface area contributed by atoms with Crippen molar-refractivity contribution in [2.45, 2.75) is 32.6 Å². The van der Waals surface area contributed by atoms with E-state index in [0.717, 1.165) is 39.8 Å². The van der Waals surface area contributed by atoms with Crippen molar-refractivity contribution in [2.24, 2.45) is 5.92 Å². The third-order valence-corrected chi connectivity index (χ3v) is 15.7. The highest BCUT2D eigenvalue weighted by molar-refractivity contribution is 7.20. The summed E-state index contributed by atoms with van der Waals surface area (Å²) >= 11 is 3.70. The Labute approximate surface area is 384 Å². The molecule has 0 fully saturated rings. The molecular weight excluding hydrogens is 813 g/mol. The lowest BCUT2D eigenvalue weighted by Gasteiger charge is -2.35. The van der Waals surface area contributed by atoms with Crippen LogP contribution >= 0.6 is 22.7 Å². The van der Waals surface area contributed by atoms with Gasteiger partial charge in [0.15, 0.2) is 5.78 Å². The van der Waals surface area contributed by atoms with Gasteiger partial charge in [-0.25, -0.2) is 0 Å². The van der Waals surface area contributed by atoms with Crippen molar-refractivity contribution in [3.63, 3.8) is 0 Å². The molecule has 1 nitrogen and oxygen atoms in total. The van der Waals surface area contributed by atoms with Crippen molar-refractivity contribution in [1.82, 2.24) is 0 Å². The van der Waals surface area contributed by atoms with Crippen LogP contribution in [0, 0.1) is 5.92 Å². The molecule has 0 amide bonds. The van der Waals surface area contributed by atoms with Crippen LogP contribution in [-0.4, -0.2) is 5.78 Å². The number of allylic oxidation sites excluding steroid dienone is 4. The number of benzene rings is 7. The third kappa shape index (κ3) is 6.88. The Morgan fingerprint density at radius 3 is 1.19 bits per heavy atom. The molecular formula is C61H46OS2. The van der Waals surface area contributed by atoms with Crippen LogP contribution in [0.1, 0.15) is 59.8 Å². The first kappa shape index (κ1) is 39.9. The minimum absolute atomic E-state index is 0.0820. The van der Waals surface area contributed by atoms with Gasteiger partial charge < -0.3 is 0 Å². The highest BCUT2D eigenvalue weighted by atomic mass is 32.1. The largest absolute Gasteiger partial charge is 0.289 e. The highest BCUT2D eigenvalue weighted by Crippen LogP contribution is 2.55. The van der Waals surface area contributed by atoms with E-state index in [9.17, 15) is 4.79 Å². The molecule has 0 N–H and O–H groups in total. The Balaban J connectivity index is 1.10. The van der Waals surface area contributed by atoms with Gasteiger partial charge >= 0.3 is 0 Å². The van der Waals surface area contributed by atoms with Crippen LogP contribution in [0.15, 0.2) is 206 Å². The molecule has 64 heavy (non-hydrogen) atoms. The van der Waals surface area contributed by atoms with Gasteiger partial charge in [0, 0.05) is 58.3 Å². The summed E-state index contributed by atoms with van der Waals surface area (Å²) in [5, 5.41) is 0. The van der Waals surface area contributed by atoms with Crippen LogP contribution in [0.2, 0.25) is 0 Å². The quantitative estimate of drug-likeness (QED) is 0.149. The standard InChI is InChI=1S/C61H46OS2/c1-39-29-31-43(32-30-39)55-54(42-23-13-6-14-24-42)60(64-58(55)45-27-17-8-18-28-45)47-34-36-49-51(38-47)61(2,3)50-37-46(33-35-48(50)56(49)62)59-53(41-21-11-5-12-22-41)52(40-19-9-4-10-20-40)57(63-59)44-25-15-7-16-26-44/h4-29,31-39H,30H2,1-3H3. The van der Waals surface area contributed by atoms with Gasteiger partial charge in [0.25, 0.3) is 0 Å². The maximum Gasteiger partial charge on any atom is 0.193 e. The second-order valence-corrected chi connectivity index (χ2v) is 19.6. The molecule has 11 rings (SSSR count). The molecule has 7 aromatic carbocycles. The predicted molar refractivity (Wildman–Crippen MR) is 273 cm³/mol. The van der Waals surface area contributed by atoms with Crippen molar-refractivity contribution < 1.29 is 4.79 Å². The van der Waals surface area contributed by atoms with Crippen LogP contribution in [0.4, 0.5) is 0 Å². The van der Waals surface area contributed by atoms with E-state index in [1.54, 1.807) is 0 Å². The molecule has 1 atom stereocenters. The summed E-state index contributed by atoms with van der Waals surface area (Å²) in [4.78, 5) is 19.7. The van der Waals surface area contributed by atoms with Crippen molar-refractivity contribution in [1.29, 1.82) is 0 Å². The van der Waals surface area contributed by atoms with Gasteiger partial charge in [-0.2, -0.15) is 0 Å². The minimum Gasteiger partial charge on any atom is -0.289 e. The van der Waals surface area contributed by atoms with Crippen LogP contribution in [0.5, 0.6) is 0 Å². The fourth-order valence-electron chi connectivity index (χ4n) is 9.77. The van der Waals surface area contributed by atoms with Crippen LogP contribution < -0.4 is 0 Å². The van der Waals surface area contributed by atoms with Gasteiger partial charge in [-0.05, 0) is 80.1 Å². The average molecular weight is 859 g/mol. The summed E-state index contributed by atoms with van der Waals surface area (Å²) in [6.45, 7) is 6.88. The Hall–Kier alpha value is -6.91. The molecule has 2 aliphatic carbocycles. The van der Waals surface area contributed by atoms with E-state index in [-0.39, 0.29) is 5.78 Å². The van der Waals surface area contributed by atoms with Gasteiger partial charge in [-0.15, -0.1) is 22.7 Å². The zero-order valence-corrected chi connectivity index (χ0v) is 37.8. The van der Waals surface area contributed by atoms with Crippen molar-refractivity contribution in [3.8, 4) is 75.1 Å². The number of fused-ring (bicyclic) bond motifs is 2. The summed E-state index contributed by atoms with van der Waals surface area (Å²) in [5.74, 6) is 0.589. The third-order valence-electron chi connectivity index (χ3n) is 13.1. The Morgan fingerprint density at radius 1 is 0.438 bits per heavy atom. The normalized spacial score (nSPS) is 15.1. The summed E-state index contributed by atoms with van der Waals surface area (Å²) in [6.07, 6.45) is 8.10. The molecule has 3 heteroatoms. The fraction of sp³-hybridized carbons (Fsp3) is 0.0984. The second kappa shape index (κ2) is 16.3. The molecule has 0 bridgehead atoms. The molecule has 2 heterocycles. The lowest BCUT2D eigenvalue weighted by molar-refractivity contribution is 0.103. The maximum absolute atomic E-state index is 14.8. The van der Waals surface area contributed by atoms with Gasteiger partial charge in [-0.3, -0.25) is 4.79 Å². The summed E-state index contributed by atoms with van der Waals surface area (Å²) in [5.41, 5.74) is 17.6. The van der Waals surface area contributed by atoms with E-state index in [0.29, 0.717) is 5.92 Å². The molecule has 0 radical (unpaired) electrons. The number of carbonyl (C=O) groups excluding carboxylic acids is 1. The maximum atomic E-state index is 14.8. The van der Waals surface area contributed by atoms with Crippen LogP contribution in [0.25, 0.3) is 80.7 Å². The lowest BCUT2D eigenvalue weighted by atomic mass is 9.67. The van der Waals surface area contributed by atoms with Crippen LogP contribution in [0.3, 0.4) is 0 Å². The molecule has 0 spiro atoms. The van der Waals surface area contributed by atoms with Crippen molar-refractivity contribution in [3.05, 3.63) is 234 Å². The summed E-state index contributed by atoms with van der Waals surface area (Å²) in [7, 11) is 0. The number of ketones is 1. The smallest absolute Gasteiger partial charge is 0.193 e. The van der Waals surface area contributed by atoms with Crippen LogP contribution in [-0.2, 0) is 5.41 Å². The van der Waals surface area contributed by atoms with Crippen molar-refractivity contribution >= 4 is 34.0 Å². The summed E-state index contributed by atoms with van der Waals surface area (Å²) < 4.78 is 0. The molecule has 2 aliphatic rings. The van der Waals surface area contributed by atoms with E-state index < -0.39 is 5.41 Å². The van der Waals surface area contributed by atoms with Gasteiger partial charge in [-0.1, -0.05) is 215 Å². The highest BCUT2D eigenvalue weighted by Gasteiger charge is 2.38. The van der Waals surface area contributed by atoms with Crippen molar-refractivity contribution in [2.75, 3.05) is 0 Å². The first-order valence-electron chi connectivity index (χ1n) is 22.2. The first-order valence-corrected chi connectivity index (χ1v) is 23.8. The van der Waals surface area contributed by atoms with E-state index in [1.165, 1.54) is 75.2 Å². The predicted octanol–water partition coefficient (Wildman–Crippen LogP) is 17.3. The van der Waals surface area contributed by atoms with E-state index in [4.69, 9.17) is 0 Å². The average Bonchev–Trinajstić information content (AvgIpc) is 3.96. The topological polar surface area (TPSA) is 17.1 Å². The molecule has 0 aliphatic heterocycles. The monoisotopic (exact) mass is 858 g/mol. The first-order chi connectivity index (χ1) is 31.3. The number of carbonyl (C=O) groups is 1. The Bertz CT molecular complexity index is 3260. The van der Waals surface area contributed by atoms with Gasteiger partial charge in [0.2, 0.25) is 0 Å². The lowest BCUT2D eigenvalue weighted by Crippen LogP contribution is -2.30. The zero-order valence-electron chi connectivity index (χ0n) is 36.1. The number of rotatable bonds is 8. The molecule has 0 saturated heterocycles. The minimum atomic E-state index is -0.473. The van der Waals surface area contributed by atoms with E-state index in [1.807, 2.05) is 22.7 Å². The SMILES string of the molecule is CC1C=CC(c2c(-c3ccccc3)sc(-c3ccc4c(c3)C(C)(C)c3cc(-c5sc(-c6ccccc6)c(-c6ccccc6)c5-c5ccccc5)ccc3C4=O)c2-c2ccccc2)=CC1. The van der Waals surface area contributed by atoms with Gasteiger partial charge in [0.1, 0.15) is 0 Å². The number of hydrogen-bond acceptors (Lipinski definition) is 3. The second-order valence-electron chi connectivity index (χ2n) is 17.6. The van der Waals surface area contributed by atoms with Gasteiger partial charge in [0.05, 0.1) is 0 Å². The van der Waals surface area contributed by atoms with E-state index in [2.05, 4.69) is 227 Å². The molecule has 1 unspecified atom stereocenters. The summed E-state index contributed by atoms with van der Waals surface area (Å²) in [6, 6.07) is 67.2. The van der Waals surface area contributed by atoms with E-state index >= 15 is 0 Å². The molecule has 0 saturated carbocycles. The molecule has 9 aromatic rings. The Morgan fingerprint density at radius 2 is 0.797 bits per heavy atom. The number of thiophene rings is 2. The molecule has 308 valence electrons. The zero-order chi connectivity index (χ0) is 43.4. The molecule has 2 aromatic heterocycles. The Kier molecular flexibility index (Phi) is 10.2. The number of hydrogen-bond donors (Lipinski definition) is 0.